The van der Waals surface area contributed by atoms with E-state index in [1.165, 1.54) is 12.7 Å². The Bertz CT molecular complexity index is 1530. The molecule has 0 saturated carbocycles. The zero-order chi connectivity index (χ0) is 24.5. The normalized spacial score (nSPS) is 15.8. The minimum absolute atomic E-state index is 0.00764. The molecule has 1 aliphatic rings. The molecule has 36 heavy (non-hydrogen) atoms. The van der Waals surface area contributed by atoms with Crippen LogP contribution in [0.5, 0.6) is 0 Å². The second kappa shape index (κ2) is 9.21. The van der Waals surface area contributed by atoms with Gasteiger partial charge in [-0.3, -0.25) is 4.79 Å². The molecule has 10 nitrogen and oxygen atoms in total. The molecule has 1 atom stereocenters. The average Bonchev–Trinajstić information content (AvgIpc) is 3.61. The molecular weight excluding hydrogens is 454 g/mol. The largest absolute Gasteiger partial charge is 0.356 e. The second-order valence-corrected chi connectivity index (χ2v) is 8.98. The maximum atomic E-state index is 13.2. The molecule has 180 valence electrons. The molecule has 5 heterocycles. The number of benzene rings is 1. The molecule has 10 heteroatoms. The summed E-state index contributed by atoms with van der Waals surface area (Å²) in [6.07, 6.45) is 10.3. The third kappa shape index (κ3) is 4.28. The summed E-state index contributed by atoms with van der Waals surface area (Å²) in [5, 5.41) is 7.25. The van der Waals surface area contributed by atoms with E-state index in [1.54, 1.807) is 11.0 Å². The Labute approximate surface area is 207 Å². The Balaban J connectivity index is 1.17. The predicted molar refractivity (Wildman–Crippen MR) is 136 cm³/mol. The lowest BCUT2D eigenvalue weighted by Crippen LogP contribution is -2.41. The van der Waals surface area contributed by atoms with E-state index >= 15 is 0 Å². The van der Waals surface area contributed by atoms with E-state index in [4.69, 9.17) is 4.98 Å². The SMILES string of the molecule is Cc1cccn2cc(-c3cccc(NC(=O)C4CCCN(c5cc(-n6cncn6)ncn5)C4)c3)nc12. The van der Waals surface area contributed by atoms with Crippen molar-refractivity contribution in [2.75, 3.05) is 23.3 Å². The monoisotopic (exact) mass is 479 g/mol. The summed E-state index contributed by atoms with van der Waals surface area (Å²) in [6, 6.07) is 13.8. The van der Waals surface area contributed by atoms with E-state index in [9.17, 15) is 4.79 Å². The lowest BCUT2D eigenvalue weighted by atomic mass is 9.97. The lowest BCUT2D eigenvalue weighted by Gasteiger charge is -2.32. The third-order valence-corrected chi connectivity index (χ3v) is 6.51. The summed E-state index contributed by atoms with van der Waals surface area (Å²) in [5.41, 5.74) is 4.64. The van der Waals surface area contributed by atoms with Gasteiger partial charge in [-0.25, -0.2) is 24.6 Å². The number of nitrogens with zero attached hydrogens (tertiary/aromatic N) is 8. The number of fused-ring (bicyclic) bond motifs is 1. The quantitative estimate of drug-likeness (QED) is 0.411. The fraction of sp³-hybridized carbons (Fsp3) is 0.231. The zero-order valence-corrected chi connectivity index (χ0v) is 19.8. The van der Waals surface area contributed by atoms with Crippen molar-refractivity contribution in [3.8, 4) is 17.1 Å². The van der Waals surface area contributed by atoms with Gasteiger partial charge in [0.15, 0.2) is 5.82 Å². The topological polar surface area (TPSA) is 106 Å². The molecule has 1 unspecified atom stereocenters. The Kier molecular flexibility index (Phi) is 5.61. The van der Waals surface area contributed by atoms with Gasteiger partial charge in [-0.15, -0.1) is 0 Å². The van der Waals surface area contributed by atoms with Crippen LogP contribution in [0.15, 0.2) is 73.8 Å². The lowest BCUT2D eigenvalue weighted by molar-refractivity contribution is -0.120. The summed E-state index contributed by atoms with van der Waals surface area (Å²) in [4.78, 5) is 32.8. The highest BCUT2D eigenvalue weighted by Crippen LogP contribution is 2.26. The fourth-order valence-electron chi connectivity index (χ4n) is 4.65. The van der Waals surface area contributed by atoms with Gasteiger partial charge >= 0.3 is 0 Å². The van der Waals surface area contributed by atoms with E-state index in [0.29, 0.717) is 12.4 Å². The van der Waals surface area contributed by atoms with Crippen LogP contribution in [0.2, 0.25) is 0 Å². The van der Waals surface area contributed by atoms with Crippen LogP contribution < -0.4 is 10.2 Å². The molecule has 6 rings (SSSR count). The standard InChI is InChI=1S/C26H25N9O/c1-18-5-3-10-34-14-22(32-25(18)34)19-6-2-8-21(11-19)31-26(36)20-7-4-9-33(13-20)23-12-24(29-16-28-23)35-17-27-15-30-35/h2-3,5-6,8,10-12,14-17,20H,4,7,9,13H2,1H3,(H,31,36). The van der Waals surface area contributed by atoms with Gasteiger partial charge in [0.2, 0.25) is 5.91 Å². The van der Waals surface area contributed by atoms with Gasteiger partial charge < -0.3 is 14.6 Å². The van der Waals surface area contributed by atoms with Crippen molar-refractivity contribution >= 4 is 23.1 Å². The molecule has 0 spiro atoms. The Morgan fingerprint density at radius 1 is 1.08 bits per heavy atom. The van der Waals surface area contributed by atoms with Crippen LogP contribution in [0, 0.1) is 12.8 Å². The smallest absolute Gasteiger partial charge is 0.229 e. The van der Waals surface area contributed by atoms with E-state index in [-0.39, 0.29) is 11.8 Å². The molecule has 1 saturated heterocycles. The first-order chi connectivity index (χ1) is 17.6. The molecule has 0 bridgehead atoms. The number of aromatic nitrogens is 7. The summed E-state index contributed by atoms with van der Waals surface area (Å²) in [6.45, 7) is 3.47. The van der Waals surface area contributed by atoms with Gasteiger partial charge in [0.1, 0.15) is 30.4 Å². The van der Waals surface area contributed by atoms with E-state index in [2.05, 4.69) is 30.3 Å². The molecule has 1 amide bonds. The summed E-state index contributed by atoms with van der Waals surface area (Å²) in [7, 11) is 0. The maximum Gasteiger partial charge on any atom is 0.229 e. The number of hydrogen-bond donors (Lipinski definition) is 1. The number of rotatable bonds is 5. The van der Waals surface area contributed by atoms with Gasteiger partial charge in [-0.05, 0) is 43.5 Å². The third-order valence-electron chi connectivity index (χ3n) is 6.51. The Morgan fingerprint density at radius 3 is 2.86 bits per heavy atom. The maximum absolute atomic E-state index is 13.2. The van der Waals surface area contributed by atoms with Crippen LogP contribution >= 0.6 is 0 Å². The predicted octanol–water partition coefficient (Wildman–Crippen LogP) is 3.54. The number of nitrogens with one attached hydrogen (secondary N) is 1. The fourth-order valence-corrected chi connectivity index (χ4v) is 4.65. The van der Waals surface area contributed by atoms with Gasteiger partial charge in [-0.2, -0.15) is 5.10 Å². The van der Waals surface area contributed by atoms with Gasteiger partial charge in [0.25, 0.3) is 0 Å². The molecule has 1 aliphatic heterocycles. The number of carbonyl (C=O) groups is 1. The minimum Gasteiger partial charge on any atom is -0.356 e. The van der Waals surface area contributed by atoms with Crippen molar-refractivity contribution in [1.82, 2.24) is 34.1 Å². The molecule has 4 aromatic heterocycles. The first kappa shape index (κ1) is 21.9. The van der Waals surface area contributed by atoms with Crippen LogP contribution in [-0.4, -0.2) is 53.1 Å². The van der Waals surface area contributed by atoms with Crippen molar-refractivity contribution in [3.63, 3.8) is 0 Å². The molecule has 1 fully saturated rings. The highest BCUT2D eigenvalue weighted by Gasteiger charge is 2.27. The number of pyridine rings is 1. The summed E-state index contributed by atoms with van der Waals surface area (Å²) < 4.78 is 3.62. The van der Waals surface area contributed by atoms with Gasteiger partial charge in [-0.1, -0.05) is 18.2 Å². The minimum atomic E-state index is -0.148. The number of amides is 1. The molecule has 0 radical (unpaired) electrons. The van der Waals surface area contributed by atoms with Crippen molar-refractivity contribution < 1.29 is 4.79 Å². The van der Waals surface area contributed by atoms with Crippen molar-refractivity contribution in [1.29, 1.82) is 0 Å². The highest BCUT2D eigenvalue weighted by molar-refractivity contribution is 5.93. The number of piperidine rings is 1. The molecule has 0 aliphatic carbocycles. The van der Waals surface area contributed by atoms with Crippen LogP contribution in [0.1, 0.15) is 18.4 Å². The number of carbonyl (C=O) groups excluding carboxylic acids is 1. The second-order valence-electron chi connectivity index (χ2n) is 8.98. The van der Waals surface area contributed by atoms with E-state index < -0.39 is 0 Å². The molecule has 1 aromatic carbocycles. The molecule has 1 N–H and O–H groups in total. The van der Waals surface area contributed by atoms with Crippen molar-refractivity contribution in [3.05, 3.63) is 79.4 Å². The van der Waals surface area contributed by atoms with Gasteiger partial charge in [0.05, 0.1) is 11.6 Å². The molecule has 5 aromatic rings. The number of aryl methyl sites for hydroxylation is 1. The van der Waals surface area contributed by atoms with Gasteiger partial charge in [0, 0.05) is 42.8 Å². The van der Waals surface area contributed by atoms with Crippen LogP contribution in [-0.2, 0) is 4.79 Å². The number of hydrogen-bond acceptors (Lipinski definition) is 7. The molecular formula is C26H25N9O. The van der Waals surface area contributed by atoms with E-state index in [1.807, 2.05) is 66.2 Å². The summed E-state index contributed by atoms with van der Waals surface area (Å²) in [5.74, 6) is 1.28. The summed E-state index contributed by atoms with van der Waals surface area (Å²) >= 11 is 0. The zero-order valence-electron chi connectivity index (χ0n) is 19.8. The Morgan fingerprint density at radius 2 is 2.00 bits per heavy atom. The highest BCUT2D eigenvalue weighted by atomic mass is 16.1. The first-order valence-corrected chi connectivity index (χ1v) is 11.9. The Hall–Kier alpha value is -4.60. The van der Waals surface area contributed by atoms with Crippen LogP contribution in [0.3, 0.4) is 0 Å². The van der Waals surface area contributed by atoms with Crippen LogP contribution in [0.4, 0.5) is 11.5 Å². The number of anilines is 2. The first-order valence-electron chi connectivity index (χ1n) is 11.9. The van der Waals surface area contributed by atoms with Crippen molar-refractivity contribution in [2.24, 2.45) is 5.92 Å². The van der Waals surface area contributed by atoms with Crippen molar-refractivity contribution in [2.45, 2.75) is 19.8 Å². The average molecular weight is 480 g/mol. The van der Waals surface area contributed by atoms with Crippen LogP contribution in [0.25, 0.3) is 22.7 Å². The van der Waals surface area contributed by atoms with E-state index in [0.717, 1.165) is 53.4 Å². The number of imidazole rings is 1.